The lowest BCUT2D eigenvalue weighted by atomic mass is 10.1. The number of carbonyl (C=O) groups is 2. The molecule has 3 heterocycles. The number of nitrogens with zero attached hydrogens (tertiary/aromatic N) is 6. The molecule has 1 aliphatic heterocycles. The van der Waals surface area contributed by atoms with Crippen molar-refractivity contribution < 1.29 is 14.4 Å². The summed E-state index contributed by atoms with van der Waals surface area (Å²) in [5.74, 6) is 1.15. The van der Waals surface area contributed by atoms with Crippen LogP contribution in [0.25, 0.3) is 5.69 Å². The van der Waals surface area contributed by atoms with E-state index in [9.17, 15) is 9.59 Å². The van der Waals surface area contributed by atoms with E-state index < -0.39 is 5.91 Å². The van der Waals surface area contributed by atoms with Gasteiger partial charge in [0.15, 0.2) is 17.3 Å². The summed E-state index contributed by atoms with van der Waals surface area (Å²) >= 11 is 0. The molecular formula is C23H27N9O3. The number of fused-ring (bicyclic) bond motifs is 3. The number of hydroxylamine groups is 1. The van der Waals surface area contributed by atoms with Gasteiger partial charge in [0.2, 0.25) is 5.91 Å². The molecular weight excluding hydrogens is 450 g/mol. The molecule has 0 bridgehead atoms. The molecule has 0 radical (unpaired) electrons. The second kappa shape index (κ2) is 8.95. The monoisotopic (exact) mass is 477 g/mol. The predicted molar refractivity (Wildman–Crippen MR) is 129 cm³/mol. The van der Waals surface area contributed by atoms with Crippen LogP contribution in [0.1, 0.15) is 54.9 Å². The van der Waals surface area contributed by atoms with Crippen LogP contribution in [-0.2, 0) is 9.63 Å². The van der Waals surface area contributed by atoms with Crippen molar-refractivity contribution >= 4 is 34.7 Å². The highest BCUT2D eigenvalue weighted by molar-refractivity contribution is 6.00. The van der Waals surface area contributed by atoms with Crippen LogP contribution in [0.2, 0.25) is 0 Å². The molecule has 2 aliphatic rings. The zero-order valence-electron chi connectivity index (χ0n) is 20.0. The average Bonchev–Trinajstić information content (AvgIpc) is 3.62. The van der Waals surface area contributed by atoms with Gasteiger partial charge in [-0.2, -0.15) is 5.10 Å². The molecule has 1 saturated carbocycles. The molecule has 0 saturated heterocycles. The van der Waals surface area contributed by atoms with Gasteiger partial charge in [0, 0.05) is 19.0 Å². The highest BCUT2D eigenvalue weighted by Gasteiger charge is 2.32. The first kappa shape index (κ1) is 22.7. The normalized spacial score (nSPS) is 16.3. The van der Waals surface area contributed by atoms with Crippen LogP contribution in [0.5, 0.6) is 0 Å². The minimum absolute atomic E-state index is 0.00532. The third-order valence-corrected chi connectivity index (χ3v) is 6.08. The fourth-order valence-electron chi connectivity index (χ4n) is 4.04. The number of benzene rings is 1. The molecule has 1 atom stereocenters. The summed E-state index contributed by atoms with van der Waals surface area (Å²) in [7, 11) is 1.98. The SMILES string of the molecule is CCONC(=O)c1nnc(NC(=O)C2CC2)cc1Nc1cccc2c1N(C)C(C)c1nc(C)nn1-2. The number of carbonyl (C=O) groups excluding carboxylic acids is 2. The largest absolute Gasteiger partial charge is 0.361 e. The molecule has 1 aromatic carbocycles. The van der Waals surface area contributed by atoms with Gasteiger partial charge in [-0.3, -0.25) is 14.4 Å². The number of hydrogen-bond acceptors (Lipinski definition) is 9. The Labute approximate surface area is 202 Å². The van der Waals surface area contributed by atoms with E-state index >= 15 is 0 Å². The van der Waals surface area contributed by atoms with Gasteiger partial charge in [-0.05, 0) is 45.7 Å². The lowest BCUT2D eigenvalue weighted by molar-refractivity contribution is -0.117. The van der Waals surface area contributed by atoms with Gasteiger partial charge in [-0.25, -0.2) is 15.1 Å². The number of para-hydroxylation sites is 1. The zero-order chi connectivity index (χ0) is 24.7. The van der Waals surface area contributed by atoms with Crippen molar-refractivity contribution in [1.29, 1.82) is 0 Å². The van der Waals surface area contributed by atoms with E-state index in [-0.39, 0.29) is 29.4 Å². The standard InChI is InChI=1S/C23H27N9O3/c1-5-35-30-23(34)19-16(11-18(27-28-19)26-22(33)14-9-10-14)25-15-7-6-8-17-20(15)31(4)12(2)21-24-13(3)29-32(17)21/h6-8,11-12,14H,5,9-10H2,1-4H3,(H,30,34)(H2,25,26,27,33). The van der Waals surface area contributed by atoms with Crippen LogP contribution in [0.3, 0.4) is 0 Å². The third kappa shape index (κ3) is 4.28. The highest BCUT2D eigenvalue weighted by Crippen LogP contribution is 2.42. The number of aromatic nitrogens is 5. The molecule has 5 rings (SSSR count). The third-order valence-electron chi connectivity index (χ3n) is 6.08. The first-order chi connectivity index (χ1) is 16.9. The average molecular weight is 478 g/mol. The summed E-state index contributed by atoms with van der Waals surface area (Å²) in [5, 5.41) is 18.8. The van der Waals surface area contributed by atoms with Crippen LogP contribution in [0.4, 0.5) is 22.9 Å². The van der Waals surface area contributed by atoms with Crippen molar-refractivity contribution in [3.05, 3.63) is 41.6 Å². The summed E-state index contributed by atoms with van der Waals surface area (Å²) in [4.78, 5) is 36.8. The van der Waals surface area contributed by atoms with E-state index in [4.69, 9.17) is 4.84 Å². The van der Waals surface area contributed by atoms with Crippen molar-refractivity contribution in [2.24, 2.45) is 5.92 Å². The van der Waals surface area contributed by atoms with Gasteiger partial charge in [0.05, 0.1) is 35.4 Å². The van der Waals surface area contributed by atoms with Crippen LogP contribution >= 0.6 is 0 Å². The summed E-state index contributed by atoms with van der Waals surface area (Å²) in [6.45, 7) is 5.98. The van der Waals surface area contributed by atoms with Gasteiger partial charge in [-0.15, -0.1) is 10.2 Å². The molecule has 3 aromatic rings. The molecule has 12 nitrogen and oxygen atoms in total. The van der Waals surface area contributed by atoms with E-state index in [1.54, 1.807) is 13.0 Å². The van der Waals surface area contributed by atoms with E-state index in [1.807, 2.05) is 36.9 Å². The lowest BCUT2D eigenvalue weighted by Gasteiger charge is -2.34. The van der Waals surface area contributed by atoms with Crippen LogP contribution in [0.15, 0.2) is 24.3 Å². The van der Waals surface area contributed by atoms with Crippen molar-refractivity contribution in [1.82, 2.24) is 30.4 Å². The van der Waals surface area contributed by atoms with Gasteiger partial charge < -0.3 is 15.5 Å². The molecule has 182 valence electrons. The van der Waals surface area contributed by atoms with Crippen molar-refractivity contribution in [3.63, 3.8) is 0 Å². The number of nitrogens with one attached hydrogen (secondary N) is 3. The van der Waals surface area contributed by atoms with Gasteiger partial charge in [0.25, 0.3) is 5.91 Å². The number of aryl methyl sites for hydroxylation is 1. The molecule has 2 aromatic heterocycles. The minimum Gasteiger partial charge on any atom is -0.361 e. The molecule has 1 aliphatic carbocycles. The molecule has 0 spiro atoms. The predicted octanol–water partition coefficient (Wildman–Crippen LogP) is 2.65. The highest BCUT2D eigenvalue weighted by atomic mass is 16.6. The van der Waals surface area contributed by atoms with E-state index in [0.29, 0.717) is 18.1 Å². The topological polar surface area (TPSA) is 139 Å². The van der Waals surface area contributed by atoms with E-state index in [0.717, 1.165) is 35.7 Å². The molecule has 1 fully saturated rings. The smallest absolute Gasteiger partial charge is 0.297 e. The lowest BCUT2D eigenvalue weighted by Crippen LogP contribution is -2.31. The van der Waals surface area contributed by atoms with E-state index in [1.165, 1.54) is 0 Å². The molecule has 35 heavy (non-hydrogen) atoms. The van der Waals surface area contributed by atoms with E-state index in [2.05, 4.69) is 48.2 Å². The van der Waals surface area contributed by atoms with Gasteiger partial charge >= 0.3 is 0 Å². The number of amides is 2. The summed E-state index contributed by atoms with van der Waals surface area (Å²) in [6.07, 6.45) is 1.73. The summed E-state index contributed by atoms with van der Waals surface area (Å²) in [5.41, 5.74) is 5.23. The maximum absolute atomic E-state index is 12.7. The Kier molecular flexibility index (Phi) is 5.81. The fraction of sp³-hybridized carbons (Fsp3) is 0.391. The summed E-state index contributed by atoms with van der Waals surface area (Å²) < 4.78 is 1.84. The second-order valence-electron chi connectivity index (χ2n) is 8.63. The molecule has 3 N–H and O–H groups in total. The quantitative estimate of drug-likeness (QED) is 0.438. The molecule has 1 unspecified atom stereocenters. The van der Waals surface area contributed by atoms with Crippen molar-refractivity contribution in [3.8, 4) is 5.69 Å². The molecule has 12 heteroatoms. The Morgan fingerprint density at radius 3 is 2.74 bits per heavy atom. The summed E-state index contributed by atoms with van der Waals surface area (Å²) in [6, 6.07) is 7.34. The Morgan fingerprint density at radius 1 is 1.20 bits per heavy atom. The first-order valence-corrected chi connectivity index (χ1v) is 11.5. The maximum atomic E-state index is 12.7. The van der Waals surface area contributed by atoms with Crippen molar-refractivity contribution in [2.75, 3.05) is 29.2 Å². The molecule has 2 amide bonds. The number of anilines is 4. The number of hydrogen-bond donors (Lipinski definition) is 3. The van der Waals surface area contributed by atoms with Gasteiger partial charge in [-0.1, -0.05) is 6.07 Å². The fourth-order valence-corrected chi connectivity index (χ4v) is 4.04. The van der Waals surface area contributed by atoms with Gasteiger partial charge in [0.1, 0.15) is 5.82 Å². The van der Waals surface area contributed by atoms with Crippen LogP contribution < -0.4 is 21.0 Å². The van der Waals surface area contributed by atoms with Crippen LogP contribution in [0, 0.1) is 12.8 Å². The maximum Gasteiger partial charge on any atom is 0.297 e. The second-order valence-corrected chi connectivity index (χ2v) is 8.63. The Bertz CT molecular complexity index is 1300. The minimum atomic E-state index is -0.553. The van der Waals surface area contributed by atoms with Crippen molar-refractivity contribution in [2.45, 2.75) is 39.7 Å². The Morgan fingerprint density at radius 2 is 2.00 bits per heavy atom. The first-order valence-electron chi connectivity index (χ1n) is 11.5. The van der Waals surface area contributed by atoms with Crippen LogP contribution in [-0.4, -0.2) is 50.4 Å². The Balaban J connectivity index is 1.55. The Hall–Kier alpha value is -4.06. The zero-order valence-corrected chi connectivity index (χ0v) is 20.0. The number of rotatable bonds is 7.